The van der Waals surface area contributed by atoms with Crippen molar-refractivity contribution in [2.75, 3.05) is 11.4 Å². The lowest BCUT2D eigenvalue weighted by atomic mass is 10.0. The van der Waals surface area contributed by atoms with Gasteiger partial charge in [0.25, 0.3) is 0 Å². The van der Waals surface area contributed by atoms with Crippen molar-refractivity contribution in [2.24, 2.45) is 5.73 Å². The molecular formula is C16H26N2. The summed E-state index contributed by atoms with van der Waals surface area (Å²) in [6.45, 7) is 5.68. The summed E-state index contributed by atoms with van der Waals surface area (Å²) in [6.07, 6.45) is 6.06. The second-order valence-corrected chi connectivity index (χ2v) is 5.58. The zero-order valence-electron chi connectivity index (χ0n) is 11.7. The predicted octanol–water partition coefficient (Wildman–Crippen LogP) is 3.35. The molecule has 1 aromatic rings. The topological polar surface area (TPSA) is 29.3 Å². The summed E-state index contributed by atoms with van der Waals surface area (Å²) in [4.78, 5) is 2.53. The highest BCUT2D eigenvalue weighted by Crippen LogP contribution is 2.24. The van der Waals surface area contributed by atoms with Gasteiger partial charge in [-0.05, 0) is 56.7 Å². The van der Waals surface area contributed by atoms with Crippen LogP contribution in [0.3, 0.4) is 0 Å². The van der Waals surface area contributed by atoms with Crippen molar-refractivity contribution in [1.29, 1.82) is 0 Å². The van der Waals surface area contributed by atoms with E-state index in [1.54, 1.807) is 0 Å². The smallest absolute Gasteiger partial charge is 0.0368 e. The molecule has 2 atom stereocenters. The molecule has 0 amide bonds. The maximum atomic E-state index is 6.00. The van der Waals surface area contributed by atoms with Gasteiger partial charge in [0.2, 0.25) is 0 Å². The Bertz CT molecular complexity index is 358. The highest BCUT2D eigenvalue weighted by atomic mass is 15.2. The molecule has 0 saturated carbocycles. The van der Waals surface area contributed by atoms with Crippen molar-refractivity contribution in [3.05, 3.63) is 29.8 Å². The lowest BCUT2D eigenvalue weighted by molar-refractivity contribution is 0.485. The van der Waals surface area contributed by atoms with Gasteiger partial charge in [-0.2, -0.15) is 0 Å². The maximum absolute atomic E-state index is 6.00. The van der Waals surface area contributed by atoms with E-state index in [1.165, 1.54) is 37.1 Å². The van der Waals surface area contributed by atoms with Gasteiger partial charge in [-0.1, -0.05) is 19.1 Å². The SMILES string of the molecule is CCC(N)Cc1ccc(N2CCCCC2C)cc1. The van der Waals surface area contributed by atoms with E-state index in [0.29, 0.717) is 12.1 Å². The molecule has 1 aromatic carbocycles. The molecule has 100 valence electrons. The quantitative estimate of drug-likeness (QED) is 0.883. The average Bonchev–Trinajstić information content (AvgIpc) is 2.40. The molecule has 2 N–H and O–H groups in total. The Hall–Kier alpha value is -1.02. The van der Waals surface area contributed by atoms with E-state index < -0.39 is 0 Å². The van der Waals surface area contributed by atoms with E-state index in [2.05, 4.69) is 43.0 Å². The van der Waals surface area contributed by atoms with Gasteiger partial charge in [0.15, 0.2) is 0 Å². The Morgan fingerprint density at radius 1 is 1.28 bits per heavy atom. The molecule has 2 rings (SSSR count). The molecule has 1 fully saturated rings. The number of nitrogens with two attached hydrogens (primary N) is 1. The number of benzene rings is 1. The number of hydrogen-bond donors (Lipinski definition) is 1. The van der Waals surface area contributed by atoms with Gasteiger partial charge < -0.3 is 10.6 Å². The molecule has 2 heteroatoms. The van der Waals surface area contributed by atoms with Gasteiger partial charge in [-0.25, -0.2) is 0 Å². The molecule has 2 nitrogen and oxygen atoms in total. The zero-order valence-corrected chi connectivity index (χ0v) is 11.7. The lowest BCUT2D eigenvalue weighted by Gasteiger charge is -2.35. The van der Waals surface area contributed by atoms with Crippen molar-refractivity contribution in [3.63, 3.8) is 0 Å². The second-order valence-electron chi connectivity index (χ2n) is 5.58. The molecule has 0 bridgehead atoms. The highest BCUT2D eigenvalue weighted by molar-refractivity contribution is 5.49. The molecule has 18 heavy (non-hydrogen) atoms. The van der Waals surface area contributed by atoms with Gasteiger partial charge in [0.05, 0.1) is 0 Å². The number of anilines is 1. The van der Waals surface area contributed by atoms with Crippen LogP contribution in [0.25, 0.3) is 0 Å². The number of nitrogens with zero attached hydrogens (tertiary/aromatic N) is 1. The third-order valence-corrected chi connectivity index (χ3v) is 4.09. The monoisotopic (exact) mass is 246 g/mol. The van der Waals surface area contributed by atoms with Crippen LogP contribution in [0, 0.1) is 0 Å². The van der Waals surface area contributed by atoms with Crippen LogP contribution in [0.1, 0.15) is 45.1 Å². The fourth-order valence-electron chi connectivity index (χ4n) is 2.75. The first-order valence-corrected chi connectivity index (χ1v) is 7.32. The van der Waals surface area contributed by atoms with Crippen molar-refractivity contribution >= 4 is 5.69 Å². The Morgan fingerprint density at radius 3 is 2.61 bits per heavy atom. The van der Waals surface area contributed by atoms with Crippen molar-refractivity contribution in [3.8, 4) is 0 Å². The summed E-state index contributed by atoms with van der Waals surface area (Å²) >= 11 is 0. The number of piperidine rings is 1. The molecule has 0 aromatic heterocycles. The van der Waals surface area contributed by atoms with Crippen LogP contribution in [-0.2, 0) is 6.42 Å². The number of rotatable bonds is 4. The minimum atomic E-state index is 0.296. The molecule has 0 aliphatic carbocycles. The standard InChI is InChI=1S/C16H26N2/c1-3-15(17)12-14-7-9-16(10-8-14)18-11-5-4-6-13(18)2/h7-10,13,15H,3-6,11-12,17H2,1-2H3. The van der Waals surface area contributed by atoms with Gasteiger partial charge >= 0.3 is 0 Å². The first kappa shape index (κ1) is 13.4. The van der Waals surface area contributed by atoms with E-state index in [4.69, 9.17) is 5.73 Å². The summed E-state index contributed by atoms with van der Waals surface area (Å²) in [5, 5.41) is 0. The summed E-state index contributed by atoms with van der Waals surface area (Å²) in [7, 11) is 0. The van der Waals surface area contributed by atoms with E-state index in [-0.39, 0.29) is 0 Å². The second kappa shape index (κ2) is 6.24. The van der Waals surface area contributed by atoms with E-state index in [0.717, 1.165) is 12.8 Å². The van der Waals surface area contributed by atoms with Crippen LogP contribution in [0.5, 0.6) is 0 Å². The fraction of sp³-hybridized carbons (Fsp3) is 0.625. The minimum absolute atomic E-state index is 0.296. The van der Waals surface area contributed by atoms with Crippen molar-refractivity contribution < 1.29 is 0 Å². The Balaban J connectivity index is 2.02. The highest BCUT2D eigenvalue weighted by Gasteiger charge is 2.18. The summed E-state index contributed by atoms with van der Waals surface area (Å²) in [5.74, 6) is 0. The normalized spacial score (nSPS) is 21.9. The van der Waals surface area contributed by atoms with E-state index >= 15 is 0 Å². The molecule has 2 unspecified atom stereocenters. The Labute approximate surface area is 111 Å². The predicted molar refractivity (Wildman–Crippen MR) is 79.1 cm³/mol. The molecule has 1 aliphatic rings. The van der Waals surface area contributed by atoms with Crippen molar-refractivity contribution in [1.82, 2.24) is 0 Å². The van der Waals surface area contributed by atoms with E-state index in [9.17, 15) is 0 Å². The molecule has 1 aliphatic heterocycles. The van der Waals surface area contributed by atoms with E-state index in [1.807, 2.05) is 0 Å². The minimum Gasteiger partial charge on any atom is -0.369 e. The van der Waals surface area contributed by atoms with Gasteiger partial charge in [-0.3, -0.25) is 0 Å². The fourth-order valence-corrected chi connectivity index (χ4v) is 2.75. The van der Waals surface area contributed by atoms with Gasteiger partial charge in [-0.15, -0.1) is 0 Å². The van der Waals surface area contributed by atoms with Crippen molar-refractivity contribution in [2.45, 2.75) is 58.0 Å². The number of hydrogen-bond acceptors (Lipinski definition) is 2. The van der Waals surface area contributed by atoms with Crippen LogP contribution in [0.15, 0.2) is 24.3 Å². The average molecular weight is 246 g/mol. The Kier molecular flexibility index (Phi) is 4.65. The summed E-state index contributed by atoms with van der Waals surface area (Å²) in [5.41, 5.74) is 8.73. The summed E-state index contributed by atoms with van der Waals surface area (Å²) < 4.78 is 0. The first-order valence-electron chi connectivity index (χ1n) is 7.32. The zero-order chi connectivity index (χ0) is 13.0. The molecule has 1 saturated heterocycles. The molecule has 1 heterocycles. The van der Waals surface area contributed by atoms with Gasteiger partial charge in [0, 0.05) is 24.3 Å². The first-order chi connectivity index (χ1) is 8.70. The third-order valence-electron chi connectivity index (χ3n) is 4.09. The van der Waals surface area contributed by atoms with Crippen LogP contribution < -0.4 is 10.6 Å². The Morgan fingerprint density at radius 2 is 2.00 bits per heavy atom. The van der Waals surface area contributed by atoms with Crippen LogP contribution in [0.4, 0.5) is 5.69 Å². The molecule has 0 spiro atoms. The van der Waals surface area contributed by atoms with Crippen LogP contribution in [0.2, 0.25) is 0 Å². The largest absolute Gasteiger partial charge is 0.369 e. The lowest BCUT2D eigenvalue weighted by Crippen LogP contribution is -2.37. The third kappa shape index (κ3) is 3.26. The molecule has 0 radical (unpaired) electrons. The summed E-state index contributed by atoms with van der Waals surface area (Å²) in [6, 6.07) is 9.99. The van der Waals surface area contributed by atoms with Gasteiger partial charge in [0.1, 0.15) is 0 Å². The van der Waals surface area contributed by atoms with Crippen LogP contribution >= 0.6 is 0 Å². The maximum Gasteiger partial charge on any atom is 0.0368 e. The van der Waals surface area contributed by atoms with Crippen LogP contribution in [-0.4, -0.2) is 18.6 Å². The molecular weight excluding hydrogens is 220 g/mol.